The van der Waals surface area contributed by atoms with Crippen LogP contribution in [0.1, 0.15) is 39.2 Å². The number of halogens is 1. The Balaban J connectivity index is 1.99. The minimum Gasteiger partial charge on any atom is -0.399 e. The van der Waals surface area contributed by atoms with Crippen LogP contribution in [0.15, 0.2) is 18.2 Å². The summed E-state index contributed by atoms with van der Waals surface area (Å²) in [6.45, 7) is 4.58. The van der Waals surface area contributed by atoms with Crippen molar-refractivity contribution in [1.82, 2.24) is 20.2 Å². The Morgan fingerprint density at radius 1 is 1.29 bits per heavy atom. The fraction of sp³-hybridized carbons (Fsp3) is 0.533. The molecule has 1 aromatic heterocycles. The first-order valence-electron chi connectivity index (χ1n) is 7.39. The van der Waals surface area contributed by atoms with E-state index in [1.807, 2.05) is 10.7 Å². The van der Waals surface area contributed by atoms with Crippen molar-refractivity contribution in [3.8, 4) is 11.4 Å². The molecule has 3 unspecified atom stereocenters. The van der Waals surface area contributed by atoms with Gasteiger partial charge in [0.15, 0.2) is 5.82 Å². The molecular formula is C15H20ClN5. The van der Waals surface area contributed by atoms with Gasteiger partial charge in [-0.3, -0.25) is 0 Å². The topological polar surface area (TPSA) is 69.6 Å². The van der Waals surface area contributed by atoms with Crippen LogP contribution in [0.4, 0.5) is 5.69 Å². The van der Waals surface area contributed by atoms with E-state index in [2.05, 4.69) is 29.4 Å². The highest BCUT2D eigenvalue weighted by molar-refractivity contribution is 6.33. The monoisotopic (exact) mass is 305 g/mol. The summed E-state index contributed by atoms with van der Waals surface area (Å²) in [6.07, 6.45) is 3.51. The maximum atomic E-state index is 6.29. The molecule has 1 aromatic carbocycles. The molecule has 0 amide bonds. The summed E-state index contributed by atoms with van der Waals surface area (Å²) in [6, 6.07) is 5.73. The van der Waals surface area contributed by atoms with Crippen LogP contribution in [0.5, 0.6) is 0 Å². The highest BCUT2D eigenvalue weighted by Gasteiger charge is 2.30. The van der Waals surface area contributed by atoms with Crippen LogP contribution in [0.25, 0.3) is 11.4 Å². The van der Waals surface area contributed by atoms with Gasteiger partial charge in [0.1, 0.15) is 0 Å². The molecule has 1 aliphatic carbocycles. The second kappa shape index (κ2) is 5.64. The molecule has 112 valence electrons. The molecule has 1 fully saturated rings. The minimum absolute atomic E-state index is 0.323. The van der Waals surface area contributed by atoms with Crippen LogP contribution in [-0.2, 0) is 0 Å². The van der Waals surface area contributed by atoms with Gasteiger partial charge in [0.2, 0.25) is 0 Å². The fourth-order valence-corrected chi connectivity index (χ4v) is 3.52. The van der Waals surface area contributed by atoms with Crippen LogP contribution in [0.3, 0.4) is 0 Å². The second-order valence-corrected chi connectivity index (χ2v) is 6.56. The molecule has 3 rings (SSSR count). The zero-order valence-electron chi connectivity index (χ0n) is 12.3. The summed E-state index contributed by atoms with van der Waals surface area (Å²) >= 11 is 6.29. The summed E-state index contributed by atoms with van der Waals surface area (Å²) < 4.78 is 1.93. The maximum Gasteiger partial charge on any atom is 0.183 e. The van der Waals surface area contributed by atoms with E-state index in [4.69, 9.17) is 17.3 Å². The molecular weight excluding hydrogens is 286 g/mol. The standard InChI is InChI=1S/C15H20ClN5/c1-9-3-6-14(10(2)7-9)21-15(18-19-20-21)12-8-11(17)4-5-13(12)16/h4-5,8-10,14H,3,6-7,17H2,1-2H3. The van der Waals surface area contributed by atoms with Crippen LogP contribution < -0.4 is 5.73 Å². The van der Waals surface area contributed by atoms with E-state index in [0.29, 0.717) is 28.5 Å². The number of nitrogen functional groups attached to an aromatic ring is 1. The minimum atomic E-state index is 0.323. The number of benzene rings is 1. The number of hydrogen-bond donors (Lipinski definition) is 1. The molecule has 5 nitrogen and oxygen atoms in total. The van der Waals surface area contributed by atoms with Gasteiger partial charge >= 0.3 is 0 Å². The zero-order valence-corrected chi connectivity index (χ0v) is 13.1. The van der Waals surface area contributed by atoms with Gasteiger partial charge < -0.3 is 5.73 Å². The first kappa shape index (κ1) is 14.3. The summed E-state index contributed by atoms with van der Waals surface area (Å²) in [4.78, 5) is 0. The summed E-state index contributed by atoms with van der Waals surface area (Å²) in [5.41, 5.74) is 7.33. The largest absolute Gasteiger partial charge is 0.399 e. The Labute approximate surface area is 129 Å². The van der Waals surface area contributed by atoms with Gasteiger partial charge in [-0.1, -0.05) is 25.4 Å². The van der Waals surface area contributed by atoms with Gasteiger partial charge in [-0.2, -0.15) is 0 Å². The highest BCUT2D eigenvalue weighted by Crippen LogP contribution is 2.38. The predicted octanol–water partition coefficient (Wildman–Crippen LogP) is 3.57. The van der Waals surface area contributed by atoms with Crippen LogP contribution >= 0.6 is 11.6 Å². The Bertz CT molecular complexity index is 639. The van der Waals surface area contributed by atoms with Gasteiger partial charge in [-0.05, 0) is 59.7 Å². The Kier molecular flexibility index (Phi) is 3.85. The number of aromatic nitrogens is 4. The number of tetrazole rings is 1. The summed E-state index contributed by atoms with van der Waals surface area (Å²) in [5, 5.41) is 12.9. The van der Waals surface area contributed by atoms with E-state index in [0.717, 1.165) is 17.9 Å². The normalized spacial score (nSPS) is 26.0. The Hall–Kier alpha value is -1.62. The molecule has 2 N–H and O–H groups in total. The molecule has 2 aromatic rings. The van der Waals surface area contributed by atoms with E-state index in [9.17, 15) is 0 Å². The van der Waals surface area contributed by atoms with Crippen LogP contribution in [-0.4, -0.2) is 20.2 Å². The third kappa shape index (κ3) is 2.75. The van der Waals surface area contributed by atoms with Crippen molar-refractivity contribution >= 4 is 17.3 Å². The average Bonchev–Trinajstić information content (AvgIpc) is 2.90. The molecule has 1 aliphatic rings. The first-order valence-corrected chi connectivity index (χ1v) is 7.77. The molecule has 1 saturated carbocycles. The second-order valence-electron chi connectivity index (χ2n) is 6.15. The van der Waals surface area contributed by atoms with Crippen LogP contribution in [0.2, 0.25) is 5.02 Å². The number of nitrogens with two attached hydrogens (primary N) is 1. The smallest absolute Gasteiger partial charge is 0.183 e. The van der Waals surface area contributed by atoms with Crippen molar-refractivity contribution < 1.29 is 0 Å². The third-order valence-electron chi connectivity index (χ3n) is 4.42. The first-order chi connectivity index (χ1) is 10.1. The molecule has 0 saturated heterocycles. The molecule has 21 heavy (non-hydrogen) atoms. The highest BCUT2D eigenvalue weighted by atomic mass is 35.5. The van der Waals surface area contributed by atoms with Crippen molar-refractivity contribution in [2.75, 3.05) is 5.73 Å². The fourth-order valence-electron chi connectivity index (χ4n) is 3.32. The average molecular weight is 306 g/mol. The van der Waals surface area contributed by atoms with E-state index in [1.165, 1.54) is 12.8 Å². The lowest BCUT2D eigenvalue weighted by molar-refractivity contribution is 0.194. The van der Waals surface area contributed by atoms with Crippen molar-refractivity contribution in [2.45, 2.75) is 39.2 Å². The maximum absolute atomic E-state index is 6.29. The number of nitrogens with zero attached hydrogens (tertiary/aromatic N) is 4. The van der Waals surface area contributed by atoms with Crippen LogP contribution in [0, 0.1) is 11.8 Å². The summed E-state index contributed by atoms with van der Waals surface area (Å²) in [5.74, 6) is 2.03. The van der Waals surface area contributed by atoms with Gasteiger partial charge in [-0.15, -0.1) is 5.10 Å². The van der Waals surface area contributed by atoms with Gasteiger partial charge in [0.05, 0.1) is 11.1 Å². The molecule has 1 heterocycles. The Morgan fingerprint density at radius 2 is 2.10 bits per heavy atom. The van der Waals surface area contributed by atoms with Crippen molar-refractivity contribution in [1.29, 1.82) is 0 Å². The SMILES string of the molecule is CC1CCC(n2nnnc2-c2cc(N)ccc2Cl)C(C)C1. The Morgan fingerprint density at radius 3 is 2.86 bits per heavy atom. The molecule has 0 aliphatic heterocycles. The lowest BCUT2D eigenvalue weighted by atomic mass is 9.80. The third-order valence-corrected chi connectivity index (χ3v) is 4.75. The summed E-state index contributed by atoms with van der Waals surface area (Å²) in [7, 11) is 0. The van der Waals surface area contributed by atoms with Gasteiger partial charge in [-0.25, -0.2) is 4.68 Å². The van der Waals surface area contributed by atoms with Crippen molar-refractivity contribution in [3.05, 3.63) is 23.2 Å². The van der Waals surface area contributed by atoms with Crippen molar-refractivity contribution in [3.63, 3.8) is 0 Å². The molecule has 0 radical (unpaired) electrons. The van der Waals surface area contributed by atoms with E-state index in [1.54, 1.807) is 12.1 Å². The van der Waals surface area contributed by atoms with E-state index in [-0.39, 0.29) is 0 Å². The molecule has 0 spiro atoms. The number of rotatable bonds is 2. The van der Waals surface area contributed by atoms with E-state index >= 15 is 0 Å². The lowest BCUT2D eigenvalue weighted by Gasteiger charge is -2.32. The quantitative estimate of drug-likeness (QED) is 0.861. The lowest BCUT2D eigenvalue weighted by Crippen LogP contribution is -2.26. The molecule has 0 bridgehead atoms. The van der Waals surface area contributed by atoms with Gasteiger partial charge in [0, 0.05) is 11.3 Å². The van der Waals surface area contributed by atoms with Gasteiger partial charge in [0.25, 0.3) is 0 Å². The van der Waals surface area contributed by atoms with E-state index < -0.39 is 0 Å². The molecule has 6 heteroatoms. The predicted molar refractivity (Wildman–Crippen MR) is 83.9 cm³/mol. The number of hydrogen-bond acceptors (Lipinski definition) is 4. The zero-order chi connectivity index (χ0) is 15.0. The molecule has 3 atom stereocenters. The van der Waals surface area contributed by atoms with Crippen molar-refractivity contribution in [2.24, 2.45) is 11.8 Å². The number of anilines is 1.